The Morgan fingerprint density at radius 1 is 1.41 bits per heavy atom. The number of aryl methyl sites for hydroxylation is 1. The Morgan fingerprint density at radius 3 is 2.82 bits per heavy atom. The van der Waals surface area contributed by atoms with Crippen molar-refractivity contribution >= 4 is 0 Å². The molecule has 0 radical (unpaired) electrons. The molecule has 1 aliphatic rings. The molecule has 17 heavy (non-hydrogen) atoms. The van der Waals surface area contributed by atoms with E-state index in [9.17, 15) is 0 Å². The minimum atomic E-state index is 0.513. The van der Waals surface area contributed by atoms with Crippen LogP contribution in [0.15, 0.2) is 12.1 Å². The number of ether oxygens (including phenoxy) is 1. The first-order valence-corrected chi connectivity index (χ1v) is 6.79. The van der Waals surface area contributed by atoms with Crippen molar-refractivity contribution in [2.75, 3.05) is 13.2 Å². The van der Waals surface area contributed by atoms with Gasteiger partial charge in [-0.25, -0.2) is 0 Å². The Balaban J connectivity index is 2.29. The van der Waals surface area contributed by atoms with Gasteiger partial charge in [-0.15, -0.1) is 0 Å². The first kappa shape index (κ1) is 12.6. The number of pyridine rings is 1. The van der Waals surface area contributed by atoms with E-state index in [0.29, 0.717) is 11.8 Å². The number of hydrogen-bond acceptors (Lipinski definition) is 2. The molecule has 1 aliphatic heterocycles. The van der Waals surface area contributed by atoms with Gasteiger partial charge in [-0.05, 0) is 30.4 Å². The molecule has 0 spiro atoms. The molecular formula is C15H23NO. The topological polar surface area (TPSA) is 22.1 Å². The molecule has 1 saturated heterocycles. The Bertz CT molecular complexity index is 367. The highest BCUT2D eigenvalue weighted by Gasteiger charge is 2.21. The maximum Gasteiger partial charge on any atom is 0.0536 e. The summed E-state index contributed by atoms with van der Waals surface area (Å²) in [5.74, 6) is 1.09. The maximum atomic E-state index is 5.49. The summed E-state index contributed by atoms with van der Waals surface area (Å²) in [4.78, 5) is 4.85. The summed E-state index contributed by atoms with van der Waals surface area (Å²) in [6.45, 7) is 8.41. The fraction of sp³-hybridized carbons (Fsp3) is 0.667. The minimum Gasteiger partial charge on any atom is -0.381 e. The van der Waals surface area contributed by atoms with Crippen molar-refractivity contribution < 1.29 is 4.74 Å². The van der Waals surface area contributed by atoms with Crippen molar-refractivity contribution in [1.29, 1.82) is 0 Å². The highest BCUT2D eigenvalue weighted by Crippen LogP contribution is 2.29. The summed E-state index contributed by atoms with van der Waals surface area (Å²) in [6.07, 6.45) is 3.40. The Labute approximate surface area is 104 Å². The summed E-state index contributed by atoms with van der Waals surface area (Å²) in [7, 11) is 0. The number of nitrogens with zero attached hydrogens (tertiary/aromatic N) is 1. The van der Waals surface area contributed by atoms with Crippen molar-refractivity contribution in [2.45, 2.75) is 51.9 Å². The van der Waals surface area contributed by atoms with Crippen LogP contribution in [0, 0.1) is 0 Å². The molecule has 0 N–H and O–H groups in total. The van der Waals surface area contributed by atoms with Crippen molar-refractivity contribution in [2.24, 2.45) is 0 Å². The fourth-order valence-corrected chi connectivity index (χ4v) is 2.44. The molecule has 94 valence electrons. The monoisotopic (exact) mass is 233 g/mol. The average molecular weight is 233 g/mol. The standard InChI is InChI=1S/C15H23NO/c1-4-5-15-13(12-8-9-17-10-12)6-7-14(16-15)11(2)3/h6-7,11-12H,4-5,8-10H2,1-3H3/t12-/m1/s1. The van der Waals surface area contributed by atoms with E-state index in [1.54, 1.807) is 0 Å². The predicted octanol–water partition coefficient (Wildman–Crippen LogP) is 3.66. The van der Waals surface area contributed by atoms with Crippen molar-refractivity contribution in [3.05, 3.63) is 29.1 Å². The zero-order chi connectivity index (χ0) is 12.3. The first-order chi connectivity index (χ1) is 8.22. The summed E-state index contributed by atoms with van der Waals surface area (Å²) in [6, 6.07) is 4.48. The third-order valence-electron chi connectivity index (χ3n) is 3.48. The molecule has 0 amide bonds. The molecule has 0 saturated carbocycles. The van der Waals surface area contributed by atoms with Crippen LogP contribution in [0.4, 0.5) is 0 Å². The molecule has 2 rings (SSSR count). The SMILES string of the molecule is CCCc1nc(C(C)C)ccc1[C@@H]1CCOC1. The van der Waals surface area contributed by atoms with Crippen molar-refractivity contribution in [1.82, 2.24) is 4.98 Å². The van der Waals surface area contributed by atoms with E-state index in [4.69, 9.17) is 9.72 Å². The van der Waals surface area contributed by atoms with Crippen LogP contribution in [-0.4, -0.2) is 18.2 Å². The van der Waals surface area contributed by atoms with Gasteiger partial charge in [0, 0.05) is 23.9 Å². The molecule has 0 aromatic carbocycles. The van der Waals surface area contributed by atoms with Gasteiger partial charge in [-0.2, -0.15) is 0 Å². The van der Waals surface area contributed by atoms with Crippen LogP contribution in [-0.2, 0) is 11.2 Å². The smallest absolute Gasteiger partial charge is 0.0536 e. The molecule has 1 aromatic rings. The van der Waals surface area contributed by atoms with E-state index >= 15 is 0 Å². The first-order valence-electron chi connectivity index (χ1n) is 6.79. The maximum absolute atomic E-state index is 5.49. The summed E-state index contributed by atoms with van der Waals surface area (Å²) in [5.41, 5.74) is 3.94. The molecule has 1 atom stereocenters. The van der Waals surface area contributed by atoms with E-state index in [-0.39, 0.29) is 0 Å². The van der Waals surface area contributed by atoms with Gasteiger partial charge in [0.1, 0.15) is 0 Å². The number of rotatable bonds is 4. The van der Waals surface area contributed by atoms with E-state index in [1.807, 2.05) is 0 Å². The van der Waals surface area contributed by atoms with Crippen LogP contribution in [0.1, 0.15) is 62.4 Å². The van der Waals surface area contributed by atoms with Crippen LogP contribution in [0.3, 0.4) is 0 Å². The highest BCUT2D eigenvalue weighted by atomic mass is 16.5. The Hall–Kier alpha value is -0.890. The van der Waals surface area contributed by atoms with Gasteiger partial charge < -0.3 is 4.74 Å². The van der Waals surface area contributed by atoms with Gasteiger partial charge >= 0.3 is 0 Å². The van der Waals surface area contributed by atoms with Gasteiger partial charge in [0.15, 0.2) is 0 Å². The van der Waals surface area contributed by atoms with E-state index in [0.717, 1.165) is 32.5 Å². The lowest BCUT2D eigenvalue weighted by Crippen LogP contribution is -2.07. The third-order valence-corrected chi connectivity index (χ3v) is 3.48. The number of hydrogen-bond donors (Lipinski definition) is 0. The van der Waals surface area contributed by atoms with Gasteiger partial charge in [0.2, 0.25) is 0 Å². The fourth-order valence-electron chi connectivity index (χ4n) is 2.44. The predicted molar refractivity (Wildman–Crippen MR) is 70.5 cm³/mol. The van der Waals surface area contributed by atoms with E-state index in [1.165, 1.54) is 17.0 Å². The van der Waals surface area contributed by atoms with Crippen molar-refractivity contribution in [3.8, 4) is 0 Å². The van der Waals surface area contributed by atoms with Crippen LogP contribution >= 0.6 is 0 Å². The molecule has 0 unspecified atom stereocenters. The molecule has 2 nitrogen and oxygen atoms in total. The normalized spacial score (nSPS) is 20.1. The van der Waals surface area contributed by atoms with Crippen molar-refractivity contribution in [3.63, 3.8) is 0 Å². The van der Waals surface area contributed by atoms with E-state index in [2.05, 4.69) is 32.9 Å². The summed E-state index contributed by atoms with van der Waals surface area (Å²) >= 11 is 0. The molecule has 2 heteroatoms. The zero-order valence-corrected chi connectivity index (χ0v) is 11.2. The largest absolute Gasteiger partial charge is 0.381 e. The molecule has 2 heterocycles. The van der Waals surface area contributed by atoms with Crippen LogP contribution in [0.2, 0.25) is 0 Å². The molecule has 1 fully saturated rings. The second-order valence-corrected chi connectivity index (χ2v) is 5.24. The second-order valence-electron chi connectivity index (χ2n) is 5.24. The van der Waals surface area contributed by atoms with Crippen LogP contribution in [0.25, 0.3) is 0 Å². The summed E-state index contributed by atoms with van der Waals surface area (Å²) in [5, 5.41) is 0. The quantitative estimate of drug-likeness (QED) is 0.791. The molecular weight excluding hydrogens is 210 g/mol. The lowest BCUT2D eigenvalue weighted by molar-refractivity contribution is 0.193. The van der Waals surface area contributed by atoms with Gasteiger partial charge in [-0.1, -0.05) is 33.3 Å². The molecule has 1 aromatic heterocycles. The van der Waals surface area contributed by atoms with Gasteiger partial charge in [-0.3, -0.25) is 4.98 Å². The molecule has 0 bridgehead atoms. The van der Waals surface area contributed by atoms with Crippen LogP contribution < -0.4 is 0 Å². The van der Waals surface area contributed by atoms with Gasteiger partial charge in [0.05, 0.1) is 6.61 Å². The lowest BCUT2D eigenvalue weighted by atomic mass is 9.94. The molecule has 0 aliphatic carbocycles. The number of aromatic nitrogens is 1. The highest BCUT2D eigenvalue weighted by molar-refractivity contribution is 5.28. The third kappa shape index (κ3) is 2.86. The lowest BCUT2D eigenvalue weighted by Gasteiger charge is -2.15. The van der Waals surface area contributed by atoms with Gasteiger partial charge in [0.25, 0.3) is 0 Å². The second kappa shape index (κ2) is 5.63. The Morgan fingerprint density at radius 2 is 2.24 bits per heavy atom. The average Bonchev–Trinajstić information content (AvgIpc) is 2.82. The minimum absolute atomic E-state index is 0.513. The summed E-state index contributed by atoms with van der Waals surface area (Å²) < 4.78 is 5.49. The van der Waals surface area contributed by atoms with E-state index < -0.39 is 0 Å². The van der Waals surface area contributed by atoms with Crippen LogP contribution in [0.5, 0.6) is 0 Å². The zero-order valence-electron chi connectivity index (χ0n) is 11.2. The Kier molecular flexibility index (Phi) is 4.16.